The number of amides is 1. The molecule has 1 aromatic rings. The van der Waals surface area contributed by atoms with Gasteiger partial charge in [-0.1, -0.05) is 0 Å². The van der Waals surface area contributed by atoms with Crippen LogP contribution in [0.4, 0.5) is 10.1 Å². The molecule has 0 bridgehead atoms. The quantitative estimate of drug-likeness (QED) is 0.676. The van der Waals surface area contributed by atoms with E-state index in [-0.39, 0.29) is 22.8 Å². The summed E-state index contributed by atoms with van der Waals surface area (Å²) in [6.45, 7) is 3.70. The van der Waals surface area contributed by atoms with Gasteiger partial charge in [0.25, 0.3) is 0 Å². The van der Waals surface area contributed by atoms with Gasteiger partial charge in [0.15, 0.2) is 0 Å². The summed E-state index contributed by atoms with van der Waals surface area (Å²) in [5.41, 5.74) is -0.551. The normalized spacial score (nSPS) is 23.5. The monoisotopic (exact) mass is 474 g/mol. The van der Waals surface area contributed by atoms with Gasteiger partial charge in [0.1, 0.15) is 17.0 Å². The molecule has 1 aliphatic heterocycles. The van der Waals surface area contributed by atoms with Crippen molar-refractivity contribution in [2.24, 2.45) is 16.5 Å². The number of sulfonamides is 1. The first kappa shape index (κ1) is 23.3. The fraction of sp³-hybridized carbons (Fsp3) is 0.478. The Bertz CT molecular complexity index is 1160. The minimum Gasteiger partial charge on any atom is -0.497 e. The van der Waals surface area contributed by atoms with Crippen molar-refractivity contribution in [1.29, 1.82) is 5.26 Å². The molecular weight excluding hydrogens is 447 g/mol. The number of piperazine rings is 1. The molecule has 2 fully saturated rings. The van der Waals surface area contributed by atoms with E-state index in [2.05, 4.69) is 0 Å². The lowest BCUT2D eigenvalue weighted by Gasteiger charge is -2.42. The van der Waals surface area contributed by atoms with Crippen LogP contribution in [0.15, 0.2) is 41.0 Å². The van der Waals surface area contributed by atoms with Crippen LogP contribution in [0.25, 0.3) is 0 Å². The molecule has 1 atom stereocenters. The fourth-order valence-electron chi connectivity index (χ4n) is 4.26. The number of primary sulfonamides is 1. The summed E-state index contributed by atoms with van der Waals surface area (Å²) in [5.74, 6) is 0.209. The van der Waals surface area contributed by atoms with Gasteiger partial charge in [-0.15, -0.1) is 0 Å². The minimum absolute atomic E-state index is 0.00425. The maximum atomic E-state index is 14.4. The lowest BCUT2D eigenvalue weighted by molar-refractivity contribution is -0.141. The average Bonchev–Trinajstić information content (AvgIpc) is 3.61. The van der Waals surface area contributed by atoms with E-state index in [1.54, 1.807) is 30.0 Å². The lowest BCUT2D eigenvalue weighted by atomic mass is 9.79. The van der Waals surface area contributed by atoms with Gasteiger partial charge in [-0.25, -0.2) is 17.9 Å². The van der Waals surface area contributed by atoms with Crippen molar-refractivity contribution >= 4 is 21.6 Å². The Labute approximate surface area is 193 Å². The smallest absolute Gasteiger partial charge is 0.236 e. The number of rotatable bonds is 6. The van der Waals surface area contributed by atoms with Crippen molar-refractivity contribution in [3.63, 3.8) is 0 Å². The summed E-state index contributed by atoms with van der Waals surface area (Å²) in [4.78, 5) is 17.1. The number of ether oxygens (including phenoxy) is 1. The van der Waals surface area contributed by atoms with Gasteiger partial charge in [-0.3, -0.25) is 4.79 Å². The Hall–Kier alpha value is -2.90. The largest absolute Gasteiger partial charge is 0.497 e. The number of nitrogens with zero attached hydrogens (tertiary/aromatic N) is 3. The molecule has 8 nitrogen and oxygen atoms in total. The van der Waals surface area contributed by atoms with E-state index in [1.165, 1.54) is 12.1 Å². The number of allylic oxidation sites excluding steroid dienone is 3. The second-order valence-corrected chi connectivity index (χ2v) is 10.6. The highest BCUT2D eigenvalue weighted by molar-refractivity contribution is 7.93. The van der Waals surface area contributed by atoms with Gasteiger partial charge >= 0.3 is 0 Å². The third kappa shape index (κ3) is 4.89. The van der Waals surface area contributed by atoms with Crippen LogP contribution in [-0.4, -0.2) is 52.0 Å². The van der Waals surface area contributed by atoms with E-state index in [9.17, 15) is 17.6 Å². The van der Waals surface area contributed by atoms with E-state index in [0.717, 1.165) is 12.8 Å². The first-order valence-electron chi connectivity index (χ1n) is 10.9. The number of carbonyl (C=O) groups is 1. The number of anilines is 1. The molecule has 3 aliphatic rings. The number of halogens is 1. The predicted molar refractivity (Wildman–Crippen MR) is 121 cm³/mol. The number of benzene rings is 1. The maximum absolute atomic E-state index is 14.4. The van der Waals surface area contributed by atoms with E-state index >= 15 is 0 Å². The van der Waals surface area contributed by atoms with Crippen LogP contribution < -0.4 is 10.0 Å². The molecule has 33 heavy (non-hydrogen) atoms. The predicted octanol–water partition coefficient (Wildman–Crippen LogP) is 2.24. The maximum Gasteiger partial charge on any atom is 0.236 e. The molecular formula is C23H27FN4O4S. The van der Waals surface area contributed by atoms with E-state index in [4.69, 9.17) is 15.1 Å². The van der Waals surface area contributed by atoms with Crippen LogP contribution in [0.1, 0.15) is 31.7 Å². The molecule has 0 spiro atoms. The fourth-order valence-corrected chi connectivity index (χ4v) is 5.00. The van der Waals surface area contributed by atoms with Crippen molar-refractivity contribution in [1.82, 2.24) is 4.90 Å². The molecule has 2 aliphatic carbocycles. The Morgan fingerprint density at radius 3 is 2.55 bits per heavy atom. The zero-order valence-corrected chi connectivity index (χ0v) is 19.3. The molecule has 1 heterocycles. The summed E-state index contributed by atoms with van der Waals surface area (Å²) in [6.07, 6.45) is 5.07. The van der Waals surface area contributed by atoms with Crippen molar-refractivity contribution < 1.29 is 22.3 Å². The van der Waals surface area contributed by atoms with Gasteiger partial charge in [0, 0.05) is 32.6 Å². The van der Waals surface area contributed by atoms with Crippen LogP contribution in [0.3, 0.4) is 0 Å². The average molecular weight is 475 g/mol. The van der Waals surface area contributed by atoms with E-state index in [0.29, 0.717) is 50.2 Å². The minimum atomic E-state index is -3.94. The highest BCUT2D eigenvalue weighted by Gasteiger charge is 2.46. The molecule has 1 amide bonds. The second-order valence-electron chi connectivity index (χ2n) is 9.03. The summed E-state index contributed by atoms with van der Waals surface area (Å²) in [6, 6.07) is 6.25. The number of nitrogens with two attached hydrogens (primary N) is 1. The third-order valence-electron chi connectivity index (χ3n) is 6.49. The van der Waals surface area contributed by atoms with Crippen molar-refractivity contribution in [3.05, 3.63) is 52.4 Å². The highest BCUT2D eigenvalue weighted by Crippen LogP contribution is 2.42. The number of hydrogen-bond acceptors (Lipinski definition) is 6. The van der Waals surface area contributed by atoms with E-state index < -0.39 is 21.3 Å². The summed E-state index contributed by atoms with van der Waals surface area (Å²) >= 11 is 0. The zero-order chi connectivity index (χ0) is 23.8. The van der Waals surface area contributed by atoms with Crippen LogP contribution in [-0.2, 0) is 19.6 Å². The molecule has 1 saturated carbocycles. The van der Waals surface area contributed by atoms with Gasteiger partial charge in [-0.05, 0) is 56.0 Å². The number of nitriles is 1. The standard InChI is InChI=1S/C23H27FN4O4S/c1-23(13-18(33(26,30)31)5-7-21(23)32-15-16-2-3-16)22(29)28-10-8-27(9-11-28)20-6-4-17(14-25)12-19(20)24/h4-7,12,16H,2-3,8-11,13,15H2,1H3,(H2,26,30,31). The summed E-state index contributed by atoms with van der Waals surface area (Å²) < 4.78 is 44.4. The highest BCUT2D eigenvalue weighted by atomic mass is 32.2. The molecule has 176 valence electrons. The number of hydrogen-bond donors (Lipinski definition) is 1. The first-order valence-corrected chi connectivity index (χ1v) is 12.5. The van der Waals surface area contributed by atoms with Crippen molar-refractivity contribution in [2.45, 2.75) is 26.2 Å². The topological polar surface area (TPSA) is 117 Å². The Balaban J connectivity index is 1.49. The van der Waals surface area contributed by atoms with Crippen LogP contribution in [0.2, 0.25) is 0 Å². The van der Waals surface area contributed by atoms with E-state index in [1.807, 2.05) is 11.0 Å². The Kier molecular flexibility index (Phi) is 6.20. The van der Waals surface area contributed by atoms with Crippen LogP contribution in [0, 0.1) is 28.5 Å². The van der Waals surface area contributed by atoms with Crippen LogP contribution in [0.5, 0.6) is 0 Å². The third-order valence-corrected chi connectivity index (χ3v) is 7.50. The molecule has 0 aromatic heterocycles. The SMILES string of the molecule is CC1(C(=O)N2CCN(c3ccc(C#N)cc3F)CC2)CC(S(N)(=O)=O)=CC=C1OCC1CC1. The van der Waals surface area contributed by atoms with Gasteiger partial charge in [0.2, 0.25) is 15.9 Å². The lowest BCUT2D eigenvalue weighted by Crippen LogP contribution is -2.54. The molecule has 1 saturated heterocycles. The van der Waals surface area contributed by atoms with Gasteiger partial charge < -0.3 is 14.5 Å². The second kappa shape index (κ2) is 8.80. The Morgan fingerprint density at radius 2 is 1.97 bits per heavy atom. The summed E-state index contributed by atoms with van der Waals surface area (Å²) in [5, 5.41) is 14.3. The molecule has 1 unspecified atom stereocenters. The van der Waals surface area contributed by atoms with Gasteiger partial charge in [0.05, 0.1) is 28.8 Å². The van der Waals surface area contributed by atoms with Gasteiger partial charge in [-0.2, -0.15) is 5.26 Å². The Morgan fingerprint density at radius 1 is 1.27 bits per heavy atom. The molecule has 2 N–H and O–H groups in total. The zero-order valence-electron chi connectivity index (χ0n) is 18.5. The summed E-state index contributed by atoms with van der Waals surface area (Å²) in [7, 11) is -3.94. The molecule has 10 heteroatoms. The number of carbonyl (C=O) groups excluding carboxylic acids is 1. The molecule has 1 aromatic carbocycles. The van der Waals surface area contributed by atoms with Crippen molar-refractivity contribution in [2.75, 3.05) is 37.7 Å². The molecule has 4 rings (SSSR count). The first-order chi connectivity index (χ1) is 15.6. The van der Waals surface area contributed by atoms with Crippen molar-refractivity contribution in [3.8, 4) is 6.07 Å². The molecule has 0 radical (unpaired) electrons. The van der Waals surface area contributed by atoms with Crippen LogP contribution >= 0.6 is 0 Å².